The van der Waals surface area contributed by atoms with Crippen molar-refractivity contribution < 1.29 is 13.0 Å². The fourth-order valence-electron chi connectivity index (χ4n) is 1.47. The van der Waals surface area contributed by atoms with Crippen molar-refractivity contribution in [3.8, 4) is 0 Å². The maximum Gasteiger partial charge on any atom is 0.269 e. The number of nitrogens with one attached hydrogen (secondary N) is 1. The molecule has 1 aromatic heterocycles. The number of fused-ring (bicyclic) bond motifs is 1. The highest BCUT2D eigenvalue weighted by Crippen LogP contribution is 2.15. The summed E-state index contributed by atoms with van der Waals surface area (Å²) in [5.74, 6) is 0.227. The van der Waals surface area contributed by atoms with Gasteiger partial charge in [-0.1, -0.05) is 12.6 Å². The minimum absolute atomic E-state index is 0.397. The summed E-state index contributed by atoms with van der Waals surface area (Å²) in [5.41, 5.74) is 1.96. The van der Waals surface area contributed by atoms with Gasteiger partial charge in [-0.25, -0.2) is 4.98 Å². The Hall–Kier alpha value is -1.66. The SMILES string of the molecule is C=Cc1nc2ccc(CS(=O)(=O)O)cc2[nH]1. The molecule has 0 saturated heterocycles. The summed E-state index contributed by atoms with van der Waals surface area (Å²) in [6.45, 7) is 3.58. The predicted octanol–water partition coefficient (Wildman–Crippen LogP) is 1.59. The molecule has 1 heterocycles. The highest BCUT2D eigenvalue weighted by atomic mass is 32.2. The monoisotopic (exact) mass is 238 g/mol. The lowest BCUT2D eigenvalue weighted by Crippen LogP contribution is -2.01. The fourth-order valence-corrected chi connectivity index (χ4v) is 2.07. The normalized spacial score (nSPS) is 11.8. The minimum Gasteiger partial charge on any atom is -0.338 e. The van der Waals surface area contributed by atoms with Gasteiger partial charge in [0.1, 0.15) is 11.6 Å². The first-order valence-electron chi connectivity index (χ1n) is 4.54. The molecule has 0 bridgehead atoms. The van der Waals surface area contributed by atoms with Crippen molar-refractivity contribution >= 4 is 27.2 Å². The van der Waals surface area contributed by atoms with Crippen LogP contribution in [0, 0.1) is 0 Å². The number of hydrogen-bond donors (Lipinski definition) is 2. The Labute approximate surface area is 92.6 Å². The Morgan fingerprint density at radius 2 is 2.25 bits per heavy atom. The molecule has 0 radical (unpaired) electrons. The van der Waals surface area contributed by atoms with Crippen molar-refractivity contribution in [2.24, 2.45) is 0 Å². The molecule has 1 aromatic carbocycles. The second kappa shape index (κ2) is 3.73. The molecule has 84 valence electrons. The number of benzene rings is 1. The number of nitrogens with zero attached hydrogens (tertiary/aromatic N) is 1. The zero-order chi connectivity index (χ0) is 11.8. The van der Waals surface area contributed by atoms with Crippen LogP contribution in [0.5, 0.6) is 0 Å². The van der Waals surface area contributed by atoms with E-state index in [4.69, 9.17) is 4.55 Å². The van der Waals surface area contributed by atoms with Crippen LogP contribution >= 0.6 is 0 Å². The maximum absolute atomic E-state index is 10.7. The first-order valence-corrected chi connectivity index (χ1v) is 6.15. The van der Waals surface area contributed by atoms with Gasteiger partial charge in [-0.2, -0.15) is 8.42 Å². The van der Waals surface area contributed by atoms with Crippen molar-refractivity contribution in [3.05, 3.63) is 36.2 Å². The number of hydrogen-bond acceptors (Lipinski definition) is 3. The van der Waals surface area contributed by atoms with Gasteiger partial charge in [-0.3, -0.25) is 4.55 Å². The van der Waals surface area contributed by atoms with Gasteiger partial charge in [-0.15, -0.1) is 0 Å². The van der Waals surface area contributed by atoms with Gasteiger partial charge in [0.2, 0.25) is 0 Å². The molecular formula is C10H10N2O3S. The van der Waals surface area contributed by atoms with Crippen LogP contribution in [0.2, 0.25) is 0 Å². The summed E-state index contributed by atoms with van der Waals surface area (Å²) >= 11 is 0. The highest BCUT2D eigenvalue weighted by molar-refractivity contribution is 7.85. The lowest BCUT2D eigenvalue weighted by Gasteiger charge is -1.97. The van der Waals surface area contributed by atoms with Crippen molar-refractivity contribution in [1.82, 2.24) is 9.97 Å². The summed E-state index contributed by atoms with van der Waals surface area (Å²) in [6, 6.07) is 4.95. The Kier molecular flexibility index (Phi) is 2.53. The van der Waals surface area contributed by atoms with E-state index in [0.29, 0.717) is 11.4 Å². The van der Waals surface area contributed by atoms with Gasteiger partial charge in [0.25, 0.3) is 10.1 Å². The van der Waals surface area contributed by atoms with Crippen molar-refractivity contribution in [2.75, 3.05) is 0 Å². The van der Waals surface area contributed by atoms with E-state index in [1.165, 1.54) is 0 Å². The third kappa shape index (κ3) is 2.29. The molecule has 0 amide bonds. The van der Waals surface area contributed by atoms with Crippen molar-refractivity contribution in [1.29, 1.82) is 0 Å². The number of rotatable bonds is 3. The van der Waals surface area contributed by atoms with Gasteiger partial charge in [-0.05, 0) is 23.8 Å². The summed E-state index contributed by atoms with van der Waals surface area (Å²) in [4.78, 5) is 7.15. The molecule has 2 rings (SSSR count). The summed E-state index contributed by atoms with van der Waals surface area (Å²) in [5, 5.41) is 0. The number of imidazole rings is 1. The zero-order valence-electron chi connectivity index (χ0n) is 8.34. The van der Waals surface area contributed by atoms with E-state index in [0.717, 1.165) is 11.0 Å². The smallest absolute Gasteiger partial charge is 0.269 e. The van der Waals surface area contributed by atoms with Crippen LogP contribution in [-0.4, -0.2) is 22.9 Å². The Morgan fingerprint density at radius 1 is 1.50 bits per heavy atom. The van der Waals surface area contributed by atoms with Gasteiger partial charge in [0.05, 0.1) is 11.0 Å². The molecule has 5 nitrogen and oxygen atoms in total. The molecule has 2 aromatic rings. The molecule has 6 heteroatoms. The molecule has 0 aliphatic rings. The van der Waals surface area contributed by atoms with E-state index < -0.39 is 15.9 Å². The molecule has 2 N–H and O–H groups in total. The van der Waals surface area contributed by atoms with Crippen LogP contribution in [0.4, 0.5) is 0 Å². The van der Waals surface area contributed by atoms with Crippen LogP contribution in [0.3, 0.4) is 0 Å². The van der Waals surface area contributed by atoms with Crippen LogP contribution in [0.15, 0.2) is 24.8 Å². The second-order valence-electron chi connectivity index (χ2n) is 3.40. The first-order chi connectivity index (χ1) is 7.48. The quantitative estimate of drug-likeness (QED) is 0.795. The second-order valence-corrected chi connectivity index (χ2v) is 4.86. The van der Waals surface area contributed by atoms with Gasteiger partial charge >= 0.3 is 0 Å². The summed E-state index contributed by atoms with van der Waals surface area (Å²) in [6.07, 6.45) is 1.57. The highest BCUT2D eigenvalue weighted by Gasteiger charge is 2.08. The van der Waals surface area contributed by atoms with Crippen LogP contribution in [-0.2, 0) is 15.9 Å². The molecule has 0 unspecified atom stereocenters. The van der Waals surface area contributed by atoms with E-state index in [2.05, 4.69) is 16.5 Å². The number of aromatic nitrogens is 2. The standard InChI is InChI=1S/C10H10N2O3S/c1-2-10-11-8-4-3-7(5-9(8)12-10)6-16(13,14)15/h2-5H,1,6H2,(H,11,12)(H,13,14,15). The van der Waals surface area contributed by atoms with Crippen LogP contribution in [0.1, 0.15) is 11.4 Å². The third-order valence-corrected chi connectivity index (χ3v) is 2.81. The lowest BCUT2D eigenvalue weighted by atomic mass is 10.2. The fraction of sp³-hybridized carbons (Fsp3) is 0.100. The van der Waals surface area contributed by atoms with Gasteiger partial charge < -0.3 is 4.98 Å². The van der Waals surface area contributed by atoms with E-state index in [9.17, 15) is 8.42 Å². The van der Waals surface area contributed by atoms with Crippen LogP contribution < -0.4 is 0 Å². The molecule has 0 aliphatic heterocycles. The lowest BCUT2D eigenvalue weighted by molar-refractivity contribution is 0.482. The molecular weight excluding hydrogens is 228 g/mol. The molecule has 0 saturated carbocycles. The Balaban J connectivity index is 2.47. The van der Waals surface area contributed by atoms with E-state index in [-0.39, 0.29) is 0 Å². The first kappa shape index (κ1) is 10.8. The number of aromatic amines is 1. The number of H-pyrrole nitrogens is 1. The maximum atomic E-state index is 10.7. The van der Waals surface area contributed by atoms with Crippen molar-refractivity contribution in [2.45, 2.75) is 5.75 Å². The molecule has 0 spiro atoms. The third-order valence-electron chi connectivity index (χ3n) is 2.11. The predicted molar refractivity (Wildman–Crippen MR) is 61.4 cm³/mol. The van der Waals surface area contributed by atoms with Gasteiger partial charge in [0.15, 0.2) is 0 Å². The van der Waals surface area contributed by atoms with E-state index in [1.807, 2.05) is 0 Å². The van der Waals surface area contributed by atoms with Crippen LogP contribution in [0.25, 0.3) is 17.1 Å². The van der Waals surface area contributed by atoms with E-state index in [1.54, 1.807) is 24.3 Å². The summed E-state index contributed by atoms with van der Waals surface area (Å²) in [7, 11) is -4.00. The largest absolute Gasteiger partial charge is 0.338 e. The Morgan fingerprint density at radius 3 is 2.88 bits per heavy atom. The van der Waals surface area contributed by atoms with E-state index >= 15 is 0 Å². The molecule has 0 fully saturated rings. The van der Waals surface area contributed by atoms with Gasteiger partial charge in [0, 0.05) is 0 Å². The molecule has 0 atom stereocenters. The topological polar surface area (TPSA) is 83.1 Å². The average Bonchev–Trinajstić information content (AvgIpc) is 2.57. The minimum atomic E-state index is -4.00. The average molecular weight is 238 g/mol. The molecule has 0 aliphatic carbocycles. The Bertz CT molecular complexity index is 643. The summed E-state index contributed by atoms with van der Waals surface area (Å²) < 4.78 is 30.1. The van der Waals surface area contributed by atoms with Crippen molar-refractivity contribution in [3.63, 3.8) is 0 Å². The zero-order valence-corrected chi connectivity index (χ0v) is 9.16. The molecule has 16 heavy (non-hydrogen) atoms.